The van der Waals surface area contributed by atoms with Crippen LogP contribution in [0.25, 0.3) is 11.0 Å². The normalized spacial score (nSPS) is 12.9. The number of H-pyrrole nitrogens is 1. The molecule has 1 atom stereocenters. The van der Waals surface area contributed by atoms with Gasteiger partial charge in [-0.2, -0.15) is 0 Å². The second-order valence-corrected chi connectivity index (χ2v) is 4.98. The van der Waals surface area contributed by atoms with E-state index in [0.717, 1.165) is 16.8 Å². The number of hydrogen-bond donors (Lipinski definition) is 1. The maximum atomic E-state index is 5.79. The number of aromatic nitrogens is 2. The van der Waals surface area contributed by atoms with Crippen molar-refractivity contribution in [3.63, 3.8) is 0 Å². The molecule has 0 saturated carbocycles. The number of nitrogens with one attached hydrogen (secondary N) is 1. The lowest BCUT2D eigenvalue weighted by Crippen LogP contribution is -2.06. The molecule has 1 unspecified atom stereocenters. The number of nitrogens with zero attached hydrogens (tertiary/aromatic N) is 1. The zero-order valence-corrected chi connectivity index (χ0v) is 11.8. The number of benzene rings is 1. The lowest BCUT2D eigenvalue weighted by atomic mass is 10.2. The predicted molar refractivity (Wildman–Crippen MR) is 77.8 cm³/mol. The first-order valence-corrected chi connectivity index (χ1v) is 6.48. The van der Waals surface area contributed by atoms with Crippen molar-refractivity contribution >= 4 is 23.3 Å². The zero-order chi connectivity index (χ0) is 13.3. The lowest BCUT2D eigenvalue weighted by Gasteiger charge is -2.12. The highest BCUT2D eigenvalue weighted by Crippen LogP contribution is 2.28. The van der Waals surface area contributed by atoms with Gasteiger partial charge in [0.05, 0.1) is 17.7 Å². The molecule has 1 heterocycles. The van der Waals surface area contributed by atoms with Crippen molar-refractivity contribution in [1.82, 2.24) is 9.55 Å². The monoisotopic (exact) mass is 262 g/mol. The molecule has 1 N–H and O–H groups in total. The van der Waals surface area contributed by atoms with E-state index in [9.17, 15) is 0 Å². The van der Waals surface area contributed by atoms with Gasteiger partial charge in [-0.05, 0) is 45.1 Å². The predicted octanol–water partition coefficient (Wildman–Crippen LogP) is 4.23. The Morgan fingerprint density at radius 2 is 2.11 bits per heavy atom. The molecule has 0 aliphatic heterocycles. The Kier molecular flexibility index (Phi) is 3.57. The quantitative estimate of drug-likeness (QED) is 0.660. The first-order chi connectivity index (χ1) is 8.54. The van der Waals surface area contributed by atoms with E-state index in [1.807, 2.05) is 42.7 Å². The van der Waals surface area contributed by atoms with Crippen molar-refractivity contribution in [1.29, 1.82) is 0 Å². The van der Waals surface area contributed by atoms with Crippen LogP contribution in [0.1, 0.15) is 26.8 Å². The summed E-state index contributed by atoms with van der Waals surface area (Å²) in [5.41, 5.74) is 2.00. The van der Waals surface area contributed by atoms with Gasteiger partial charge in [0.1, 0.15) is 11.3 Å². The van der Waals surface area contributed by atoms with Crippen LogP contribution >= 0.6 is 12.2 Å². The molecule has 2 aromatic rings. The summed E-state index contributed by atoms with van der Waals surface area (Å²) in [6.45, 7) is 9.91. The van der Waals surface area contributed by atoms with Gasteiger partial charge >= 0.3 is 0 Å². The molecule has 1 aromatic heterocycles. The van der Waals surface area contributed by atoms with E-state index in [0.29, 0.717) is 4.77 Å². The molecule has 0 amide bonds. The fourth-order valence-electron chi connectivity index (χ4n) is 1.98. The molecular weight excluding hydrogens is 244 g/mol. The summed E-state index contributed by atoms with van der Waals surface area (Å²) in [4.78, 5) is 3.22. The Balaban J connectivity index is 2.66. The molecule has 0 bridgehead atoms. The first kappa shape index (κ1) is 12.9. The largest absolute Gasteiger partial charge is 0.489 e. The van der Waals surface area contributed by atoms with E-state index in [1.165, 1.54) is 0 Å². The Morgan fingerprint density at radius 3 is 2.72 bits per heavy atom. The third kappa shape index (κ3) is 2.20. The van der Waals surface area contributed by atoms with Gasteiger partial charge in [0.25, 0.3) is 0 Å². The lowest BCUT2D eigenvalue weighted by molar-refractivity contribution is 0.245. The van der Waals surface area contributed by atoms with Gasteiger partial charge in [-0.15, -0.1) is 6.58 Å². The first-order valence-electron chi connectivity index (χ1n) is 6.07. The summed E-state index contributed by atoms with van der Waals surface area (Å²) in [6, 6.07) is 6.13. The van der Waals surface area contributed by atoms with Crippen LogP contribution in [-0.4, -0.2) is 15.7 Å². The summed E-state index contributed by atoms with van der Waals surface area (Å²) in [6.07, 6.45) is 2.01. The van der Waals surface area contributed by atoms with Crippen molar-refractivity contribution in [3.8, 4) is 5.75 Å². The molecule has 0 fully saturated rings. The number of rotatable bonds is 4. The van der Waals surface area contributed by atoms with Gasteiger partial charge < -0.3 is 14.3 Å². The average Bonchev–Trinajstić information content (AvgIpc) is 2.65. The van der Waals surface area contributed by atoms with Crippen LogP contribution in [0.5, 0.6) is 5.75 Å². The molecule has 0 spiro atoms. The minimum absolute atomic E-state index is 0.137. The molecular formula is C14H18N2OS. The Hall–Kier alpha value is -1.55. The van der Waals surface area contributed by atoms with E-state index in [4.69, 9.17) is 17.0 Å². The minimum atomic E-state index is 0.137. The fraction of sp³-hybridized carbons (Fsp3) is 0.357. The van der Waals surface area contributed by atoms with E-state index in [1.54, 1.807) is 0 Å². The third-order valence-corrected chi connectivity index (χ3v) is 3.12. The second kappa shape index (κ2) is 4.98. The van der Waals surface area contributed by atoms with Gasteiger partial charge in [0.15, 0.2) is 4.77 Å². The molecule has 0 aliphatic carbocycles. The van der Waals surface area contributed by atoms with Crippen LogP contribution in [0, 0.1) is 4.77 Å². The number of imidazole rings is 1. The summed E-state index contributed by atoms with van der Waals surface area (Å²) in [5, 5.41) is 0. The van der Waals surface area contributed by atoms with Crippen molar-refractivity contribution in [2.75, 3.05) is 0 Å². The molecule has 1 aromatic carbocycles. The van der Waals surface area contributed by atoms with Crippen molar-refractivity contribution in [3.05, 3.63) is 35.6 Å². The summed E-state index contributed by atoms with van der Waals surface area (Å²) in [7, 11) is 0. The smallest absolute Gasteiger partial charge is 0.178 e. The molecule has 96 valence electrons. The number of aromatic amines is 1. The molecule has 18 heavy (non-hydrogen) atoms. The van der Waals surface area contributed by atoms with Gasteiger partial charge in [0.2, 0.25) is 0 Å². The SMILES string of the molecule is C=CC(C)n1c(=S)[nH]c2c(OC(C)C)cccc21. The summed E-state index contributed by atoms with van der Waals surface area (Å²) < 4.78 is 8.53. The van der Waals surface area contributed by atoms with Crippen LogP contribution < -0.4 is 4.74 Å². The highest BCUT2D eigenvalue weighted by molar-refractivity contribution is 7.71. The topological polar surface area (TPSA) is 29.9 Å². The maximum Gasteiger partial charge on any atom is 0.178 e. The van der Waals surface area contributed by atoms with E-state index < -0.39 is 0 Å². The Morgan fingerprint density at radius 1 is 1.39 bits per heavy atom. The Bertz CT molecular complexity index is 624. The highest BCUT2D eigenvalue weighted by Gasteiger charge is 2.12. The molecule has 4 heteroatoms. The van der Waals surface area contributed by atoms with Gasteiger partial charge in [0, 0.05) is 0 Å². The summed E-state index contributed by atoms with van der Waals surface area (Å²) >= 11 is 5.37. The number of allylic oxidation sites excluding steroid dienone is 1. The van der Waals surface area contributed by atoms with Crippen molar-refractivity contribution in [2.24, 2.45) is 0 Å². The van der Waals surface area contributed by atoms with E-state index >= 15 is 0 Å². The third-order valence-electron chi connectivity index (χ3n) is 2.83. The standard InChI is InChI=1S/C14H18N2OS/c1-5-10(4)16-11-7-6-8-12(17-9(2)3)13(11)15-14(16)18/h5-10H,1H2,2-4H3,(H,15,18). The van der Waals surface area contributed by atoms with Crippen LogP contribution in [0.15, 0.2) is 30.9 Å². The average molecular weight is 262 g/mol. The number of ether oxygens (including phenoxy) is 1. The number of para-hydroxylation sites is 1. The van der Waals surface area contributed by atoms with Crippen LogP contribution in [-0.2, 0) is 0 Å². The van der Waals surface area contributed by atoms with Gasteiger partial charge in [-0.3, -0.25) is 0 Å². The van der Waals surface area contributed by atoms with Crippen LogP contribution in [0.4, 0.5) is 0 Å². The van der Waals surface area contributed by atoms with Crippen LogP contribution in [0.3, 0.4) is 0 Å². The van der Waals surface area contributed by atoms with E-state index in [2.05, 4.69) is 18.5 Å². The molecule has 0 aliphatic rings. The number of hydrogen-bond acceptors (Lipinski definition) is 2. The molecule has 0 radical (unpaired) electrons. The van der Waals surface area contributed by atoms with Crippen molar-refractivity contribution in [2.45, 2.75) is 32.9 Å². The fourth-order valence-corrected chi connectivity index (χ4v) is 2.35. The van der Waals surface area contributed by atoms with Crippen molar-refractivity contribution < 1.29 is 4.74 Å². The van der Waals surface area contributed by atoms with Gasteiger partial charge in [-0.1, -0.05) is 12.1 Å². The molecule has 3 nitrogen and oxygen atoms in total. The molecule has 2 rings (SSSR count). The van der Waals surface area contributed by atoms with Gasteiger partial charge in [-0.25, -0.2) is 0 Å². The number of fused-ring (bicyclic) bond motifs is 1. The maximum absolute atomic E-state index is 5.79. The van der Waals surface area contributed by atoms with Crippen LogP contribution in [0.2, 0.25) is 0 Å². The zero-order valence-electron chi connectivity index (χ0n) is 10.9. The summed E-state index contributed by atoms with van der Waals surface area (Å²) in [5.74, 6) is 0.837. The second-order valence-electron chi connectivity index (χ2n) is 4.59. The minimum Gasteiger partial charge on any atom is -0.489 e. The highest BCUT2D eigenvalue weighted by atomic mass is 32.1. The molecule has 0 saturated heterocycles. The Labute approximate surface area is 112 Å². The van der Waals surface area contributed by atoms with E-state index in [-0.39, 0.29) is 12.1 Å².